The van der Waals surface area contributed by atoms with Crippen molar-refractivity contribution < 1.29 is 18.7 Å². The van der Waals surface area contributed by atoms with Crippen LogP contribution in [-0.2, 0) is 20.9 Å². The normalized spacial score (nSPS) is 21.5. The molecule has 2 fully saturated rings. The molecule has 2 atom stereocenters. The number of ether oxygens (including phenoxy) is 1. The fourth-order valence-electron chi connectivity index (χ4n) is 5.95. The van der Waals surface area contributed by atoms with E-state index in [9.17, 15) is 14.0 Å². The van der Waals surface area contributed by atoms with Crippen LogP contribution in [0.5, 0.6) is 0 Å². The van der Waals surface area contributed by atoms with Crippen LogP contribution in [0.25, 0.3) is 11.0 Å². The number of aromatic nitrogens is 2. The minimum absolute atomic E-state index is 0.0920. The zero-order valence-electron chi connectivity index (χ0n) is 20.6. The van der Waals surface area contributed by atoms with E-state index in [2.05, 4.69) is 16.4 Å². The molecule has 4 rings (SSSR count). The van der Waals surface area contributed by atoms with E-state index >= 15 is 0 Å². The molecule has 0 radical (unpaired) electrons. The number of imidazole rings is 1. The fraction of sp³-hybridized carbons (Fsp3) is 0.667. The Balaban J connectivity index is 1.55. The van der Waals surface area contributed by atoms with E-state index < -0.39 is 0 Å². The van der Waals surface area contributed by atoms with Gasteiger partial charge in [0.25, 0.3) is 0 Å². The van der Waals surface area contributed by atoms with Gasteiger partial charge in [-0.3, -0.25) is 9.59 Å². The molecule has 2 unspecified atom stereocenters. The molecule has 1 aromatic carbocycles. The van der Waals surface area contributed by atoms with Crippen LogP contribution in [0.15, 0.2) is 18.2 Å². The first kappa shape index (κ1) is 24.7. The van der Waals surface area contributed by atoms with Crippen molar-refractivity contribution >= 4 is 22.9 Å². The smallest absolute Gasteiger partial charge is 0.308 e. The van der Waals surface area contributed by atoms with Crippen molar-refractivity contribution in [2.75, 3.05) is 13.2 Å². The maximum atomic E-state index is 14.0. The van der Waals surface area contributed by atoms with Gasteiger partial charge in [-0.15, -0.1) is 0 Å². The van der Waals surface area contributed by atoms with Crippen LogP contribution in [0.3, 0.4) is 0 Å². The lowest BCUT2D eigenvalue weighted by Gasteiger charge is -2.34. The minimum atomic E-state index is -0.317. The summed E-state index contributed by atoms with van der Waals surface area (Å²) < 4.78 is 21.3. The fourth-order valence-corrected chi connectivity index (χ4v) is 5.95. The summed E-state index contributed by atoms with van der Waals surface area (Å²) in [4.78, 5) is 32.5. The molecular weight excluding hydrogens is 433 g/mol. The number of carbonyl (C=O) groups excluding carboxylic acids is 2. The molecule has 0 bridgehead atoms. The second-order valence-corrected chi connectivity index (χ2v) is 9.79. The van der Waals surface area contributed by atoms with Gasteiger partial charge in [-0.1, -0.05) is 25.7 Å². The summed E-state index contributed by atoms with van der Waals surface area (Å²) in [7, 11) is 0. The molecule has 1 aromatic heterocycles. The Morgan fingerprint density at radius 1 is 1.12 bits per heavy atom. The average Bonchev–Trinajstić information content (AvgIpc) is 3.21. The summed E-state index contributed by atoms with van der Waals surface area (Å²) in [5.41, 5.74) is 1.46. The van der Waals surface area contributed by atoms with Gasteiger partial charge in [0.15, 0.2) is 0 Å². The monoisotopic (exact) mass is 471 g/mol. The molecule has 7 heteroatoms. The van der Waals surface area contributed by atoms with Gasteiger partial charge in [-0.05, 0) is 58.1 Å². The molecule has 1 heterocycles. The zero-order valence-corrected chi connectivity index (χ0v) is 20.6. The highest BCUT2D eigenvalue weighted by Crippen LogP contribution is 2.38. The molecule has 0 aliphatic heterocycles. The maximum absolute atomic E-state index is 14.0. The van der Waals surface area contributed by atoms with Gasteiger partial charge in [0, 0.05) is 37.5 Å². The molecule has 1 amide bonds. The molecular formula is C27H38FN3O3. The molecule has 34 heavy (non-hydrogen) atoms. The zero-order chi connectivity index (χ0) is 24.1. The number of hydrogen-bond acceptors (Lipinski definition) is 4. The summed E-state index contributed by atoms with van der Waals surface area (Å²) in [5.74, 6) is 0.548. The van der Waals surface area contributed by atoms with Crippen molar-refractivity contribution in [1.29, 1.82) is 0 Å². The first-order chi connectivity index (χ1) is 16.5. The number of nitrogens with zero attached hydrogens (tertiary/aromatic N) is 3. The number of aryl methyl sites for hydroxylation is 1. The van der Waals surface area contributed by atoms with Gasteiger partial charge in [-0.25, -0.2) is 9.37 Å². The van der Waals surface area contributed by atoms with Crippen molar-refractivity contribution in [2.24, 2.45) is 5.92 Å². The van der Waals surface area contributed by atoms with Crippen LogP contribution < -0.4 is 0 Å². The predicted molar refractivity (Wildman–Crippen MR) is 130 cm³/mol. The van der Waals surface area contributed by atoms with Crippen LogP contribution in [0, 0.1) is 11.7 Å². The second kappa shape index (κ2) is 11.3. The van der Waals surface area contributed by atoms with E-state index in [0.717, 1.165) is 50.0 Å². The first-order valence-corrected chi connectivity index (χ1v) is 13.1. The summed E-state index contributed by atoms with van der Waals surface area (Å²) in [6, 6.07) is 5.02. The summed E-state index contributed by atoms with van der Waals surface area (Å²) >= 11 is 0. The quantitative estimate of drug-likeness (QED) is 0.471. The van der Waals surface area contributed by atoms with E-state index in [1.165, 1.54) is 31.4 Å². The number of carbonyl (C=O) groups is 2. The lowest BCUT2D eigenvalue weighted by molar-refractivity contribution is -0.149. The number of esters is 1. The Labute approximate surface area is 201 Å². The van der Waals surface area contributed by atoms with Gasteiger partial charge < -0.3 is 14.2 Å². The van der Waals surface area contributed by atoms with E-state index in [1.54, 1.807) is 6.07 Å². The van der Waals surface area contributed by atoms with Crippen LogP contribution in [0.2, 0.25) is 0 Å². The van der Waals surface area contributed by atoms with Gasteiger partial charge in [0.2, 0.25) is 5.91 Å². The highest BCUT2D eigenvalue weighted by Gasteiger charge is 2.32. The molecule has 2 saturated carbocycles. The van der Waals surface area contributed by atoms with E-state index in [-0.39, 0.29) is 29.5 Å². The third-order valence-electron chi connectivity index (χ3n) is 7.62. The third-order valence-corrected chi connectivity index (χ3v) is 7.62. The molecule has 0 spiro atoms. The second-order valence-electron chi connectivity index (χ2n) is 9.79. The van der Waals surface area contributed by atoms with E-state index in [4.69, 9.17) is 9.72 Å². The van der Waals surface area contributed by atoms with Crippen molar-refractivity contribution in [3.63, 3.8) is 0 Å². The topological polar surface area (TPSA) is 64.4 Å². The molecule has 6 nitrogen and oxygen atoms in total. The Morgan fingerprint density at radius 3 is 2.65 bits per heavy atom. The van der Waals surface area contributed by atoms with Crippen molar-refractivity contribution in [3.8, 4) is 0 Å². The highest BCUT2D eigenvalue weighted by molar-refractivity contribution is 5.78. The Morgan fingerprint density at radius 2 is 1.91 bits per heavy atom. The van der Waals surface area contributed by atoms with Gasteiger partial charge in [0.1, 0.15) is 11.6 Å². The van der Waals surface area contributed by atoms with Crippen molar-refractivity contribution in [1.82, 2.24) is 14.5 Å². The van der Waals surface area contributed by atoms with E-state index in [0.29, 0.717) is 37.6 Å². The third kappa shape index (κ3) is 5.44. The van der Waals surface area contributed by atoms with Crippen LogP contribution in [-0.4, -0.2) is 45.5 Å². The number of rotatable bonds is 8. The largest absolute Gasteiger partial charge is 0.466 e. The van der Waals surface area contributed by atoms with Crippen LogP contribution >= 0.6 is 0 Å². The lowest BCUT2D eigenvalue weighted by Crippen LogP contribution is -2.41. The average molecular weight is 472 g/mol. The summed E-state index contributed by atoms with van der Waals surface area (Å²) in [5, 5.41) is 0. The molecule has 2 aromatic rings. The minimum Gasteiger partial charge on any atom is -0.466 e. The number of benzene rings is 1. The number of fused-ring (bicyclic) bond motifs is 1. The molecule has 2 aliphatic rings. The molecule has 2 aliphatic carbocycles. The Kier molecular flexibility index (Phi) is 8.22. The summed E-state index contributed by atoms with van der Waals surface area (Å²) in [6.45, 7) is 5.52. The highest BCUT2D eigenvalue weighted by atomic mass is 19.1. The summed E-state index contributed by atoms with van der Waals surface area (Å²) in [6.07, 6.45) is 9.60. The molecule has 0 N–H and O–H groups in total. The van der Waals surface area contributed by atoms with Crippen LogP contribution in [0.1, 0.15) is 89.8 Å². The number of amides is 1. The van der Waals surface area contributed by atoms with Gasteiger partial charge in [0.05, 0.1) is 23.6 Å². The van der Waals surface area contributed by atoms with Gasteiger partial charge in [-0.2, -0.15) is 0 Å². The van der Waals surface area contributed by atoms with Crippen molar-refractivity contribution in [3.05, 3.63) is 29.8 Å². The Hall–Kier alpha value is -2.44. The molecule has 186 valence electrons. The lowest BCUT2D eigenvalue weighted by atomic mass is 9.81. The molecule has 0 saturated heterocycles. The number of halogens is 1. The SMILES string of the molecule is CCOC(=O)C1CCCC(c2nc3cc(F)ccc3n2CCC(=O)N(CC)C2CCCCC2)C1. The van der Waals surface area contributed by atoms with Crippen molar-refractivity contribution in [2.45, 2.75) is 96.6 Å². The standard InChI is InChI=1S/C27H38FN3O3/c1-3-30(22-11-6-5-7-12-22)25(32)15-16-31-24-14-13-21(28)18-23(24)29-26(31)19-9-8-10-20(17-19)27(33)34-4-2/h13-14,18-20,22H,3-12,15-17H2,1-2H3. The maximum Gasteiger partial charge on any atom is 0.308 e. The van der Waals surface area contributed by atoms with Gasteiger partial charge >= 0.3 is 5.97 Å². The predicted octanol–water partition coefficient (Wildman–Crippen LogP) is 5.58. The van der Waals surface area contributed by atoms with E-state index in [1.807, 2.05) is 6.92 Å². The Bertz CT molecular complexity index is 998. The van der Waals surface area contributed by atoms with Crippen LogP contribution in [0.4, 0.5) is 4.39 Å². The number of hydrogen-bond donors (Lipinski definition) is 0. The first-order valence-electron chi connectivity index (χ1n) is 13.1.